The molecule has 15 heavy (non-hydrogen) atoms. The summed E-state index contributed by atoms with van der Waals surface area (Å²) in [6, 6.07) is -0.0679. The summed E-state index contributed by atoms with van der Waals surface area (Å²) in [6.45, 7) is 2.10. The topological polar surface area (TPSA) is 64.4 Å². The molecule has 3 N–H and O–H groups in total. The van der Waals surface area contributed by atoms with Crippen LogP contribution < -0.4 is 11.1 Å². The SMILES string of the molecule is CCCC[C@H](N)C(=O)NC1CC(OC)C1. The van der Waals surface area contributed by atoms with E-state index in [1.165, 1.54) is 0 Å². The molecule has 0 unspecified atom stereocenters. The summed E-state index contributed by atoms with van der Waals surface area (Å²) in [4.78, 5) is 11.6. The van der Waals surface area contributed by atoms with Crippen molar-refractivity contribution in [1.29, 1.82) is 0 Å². The summed E-state index contributed by atoms with van der Waals surface area (Å²) in [7, 11) is 1.70. The Morgan fingerprint density at radius 2 is 2.27 bits per heavy atom. The molecule has 88 valence electrons. The van der Waals surface area contributed by atoms with Crippen molar-refractivity contribution in [3.05, 3.63) is 0 Å². The predicted octanol–water partition coefficient (Wildman–Crippen LogP) is 0.797. The summed E-state index contributed by atoms with van der Waals surface area (Å²) in [5.41, 5.74) is 5.75. The van der Waals surface area contributed by atoms with E-state index >= 15 is 0 Å². The number of methoxy groups -OCH3 is 1. The molecule has 0 aromatic rings. The number of rotatable bonds is 6. The second-order valence-electron chi connectivity index (χ2n) is 4.28. The van der Waals surface area contributed by atoms with Gasteiger partial charge in [0.1, 0.15) is 0 Å². The highest BCUT2D eigenvalue weighted by molar-refractivity contribution is 5.81. The zero-order chi connectivity index (χ0) is 11.3. The number of ether oxygens (including phenoxy) is 1. The number of carbonyl (C=O) groups excluding carboxylic acids is 1. The van der Waals surface area contributed by atoms with Crippen LogP contribution >= 0.6 is 0 Å². The van der Waals surface area contributed by atoms with Gasteiger partial charge in [0.2, 0.25) is 5.91 Å². The first-order chi connectivity index (χ1) is 7.17. The van der Waals surface area contributed by atoms with Crippen LogP contribution in [0.3, 0.4) is 0 Å². The molecule has 4 heteroatoms. The Morgan fingerprint density at radius 1 is 1.60 bits per heavy atom. The lowest BCUT2D eigenvalue weighted by atomic mass is 9.89. The van der Waals surface area contributed by atoms with Gasteiger partial charge in [-0.05, 0) is 19.3 Å². The lowest BCUT2D eigenvalue weighted by molar-refractivity contribution is -0.124. The van der Waals surface area contributed by atoms with Crippen molar-refractivity contribution in [2.24, 2.45) is 5.73 Å². The van der Waals surface area contributed by atoms with Gasteiger partial charge in [0.05, 0.1) is 12.1 Å². The van der Waals surface area contributed by atoms with Gasteiger partial charge >= 0.3 is 0 Å². The van der Waals surface area contributed by atoms with Gasteiger partial charge in [0, 0.05) is 13.2 Å². The smallest absolute Gasteiger partial charge is 0.237 e. The maximum atomic E-state index is 11.6. The lowest BCUT2D eigenvalue weighted by Gasteiger charge is -2.35. The van der Waals surface area contributed by atoms with E-state index in [1.54, 1.807) is 7.11 Å². The number of hydrogen-bond acceptors (Lipinski definition) is 3. The normalized spacial score (nSPS) is 26.9. The quantitative estimate of drug-likeness (QED) is 0.687. The van der Waals surface area contributed by atoms with Crippen LogP contribution in [0.5, 0.6) is 0 Å². The number of hydrogen-bond donors (Lipinski definition) is 2. The monoisotopic (exact) mass is 214 g/mol. The summed E-state index contributed by atoms with van der Waals surface area (Å²) in [5.74, 6) is -0.0111. The second-order valence-corrected chi connectivity index (χ2v) is 4.28. The van der Waals surface area contributed by atoms with Gasteiger partial charge in [0.25, 0.3) is 0 Å². The molecule has 1 aliphatic rings. The molecule has 1 rings (SSSR count). The Hall–Kier alpha value is -0.610. The Bertz CT molecular complexity index is 203. The molecule has 0 aliphatic heterocycles. The average Bonchev–Trinajstić information content (AvgIpc) is 2.18. The third kappa shape index (κ3) is 3.80. The number of amides is 1. The molecule has 0 radical (unpaired) electrons. The molecule has 1 aliphatic carbocycles. The van der Waals surface area contributed by atoms with Crippen molar-refractivity contribution in [3.8, 4) is 0 Å². The highest BCUT2D eigenvalue weighted by atomic mass is 16.5. The minimum absolute atomic E-state index is 0.0111. The van der Waals surface area contributed by atoms with Crippen LogP contribution in [0, 0.1) is 0 Å². The van der Waals surface area contributed by atoms with E-state index in [1.807, 2.05) is 0 Å². The first-order valence-corrected chi connectivity index (χ1v) is 5.76. The van der Waals surface area contributed by atoms with Gasteiger partial charge in [0.15, 0.2) is 0 Å². The summed E-state index contributed by atoms with van der Waals surface area (Å²) in [5, 5.41) is 2.95. The van der Waals surface area contributed by atoms with Crippen LogP contribution in [-0.2, 0) is 9.53 Å². The lowest BCUT2D eigenvalue weighted by Crippen LogP contribution is -2.52. The maximum absolute atomic E-state index is 11.6. The van der Waals surface area contributed by atoms with Gasteiger partial charge < -0.3 is 15.8 Å². The fraction of sp³-hybridized carbons (Fsp3) is 0.909. The van der Waals surface area contributed by atoms with E-state index in [4.69, 9.17) is 10.5 Å². The highest BCUT2D eigenvalue weighted by Gasteiger charge is 2.30. The van der Waals surface area contributed by atoms with E-state index in [0.717, 1.165) is 32.1 Å². The van der Waals surface area contributed by atoms with Crippen molar-refractivity contribution in [1.82, 2.24) is 5.32 Å². The molecule has 0 spiro atoms. The van der Waals surface area contributed by atoms with Gasteiger partial charge in [-0.3, -0.25) is 4.79 Å². The van der Waals surface area contributed by atoms with Gasteiger partial charge in [-0.1, -0.05) is 19.8 Å². The summed E-state index contributed by atoms with van der Waals surface area (Å²) < 4.78 is 5.14. The zero-order valence-corrected chi connectivity index (χ0v) is 9.66. The Balaban J connectivity index is 2.13. The zero-order valence-electron chi connectivity index (χ0n) is 9.66. The fourth-order valence-corrected chi connectivity index (χ4v) is 1.74. The summed E-state index contributed by atoms with van der Waals surface area (Å²) in [6.07, 6.45) is 5.03. The first-order valence-electron chi connectivity index (χ1n) is 5.76. The molecule has 0 heterocycles. The number of carbonyl (C=O) groups is 1. The van der Waals surface area contributed by atoms with E-state index in [0.29, 0.717) is 6.10 Å². The highest BCUT2D eigenvalue weighted by Crippen LogP contribution is 2.22. The van der Waals surface area contributed by atoms with E-state index in [-0.39, 0.29) is 18.0 Å². The molecule has 0 saturated heterocycles. The van der Waals surface area contributed by atoms with Crippen LogP contribution in [-0.4, -0.2) is 31.2 Å². The van der Waals surface area contributed by atoms with E-state index in [9.17, 15) is 4.79 Å². The van der Waals surface area contributed by atoms with Crippen molar-refractivity contribution < 1.29 is 9.53 Å². The number of unbranched alkanes of at least 4 members (excludes halogenated alkanes) is 1. The number of nitrogens with two attached hydrogens (primary N) is 1. The molecular weight excluding hydrogens is 192 g/mol. The van der Waals surface area contributed by atoms with Crippen LogP contribution in [0.1, 0.15) is 39.0 Å². The molecular formula is C11H22N2O2. The summed E-state index contributed by atoms with van der Waals surface area (Å²) >= 11 is 0. The Morgan fingerprint density at radius 3 is 2.80 bits per heavy atom. The van der Waals surface area contributed by atoms with Crippen molar-refractivity contribution in [3.63, 3.8) is 0 Å². The molecule has 1 fully saturated rings. The third-order valence-corrected chi connectivity index (χ3v) is 2.98. The molecule has 0 aromatic carbocycles. The standard InChI is InChI=1S/C11H22N2O2/c1-3-4-5-10(12)11(14)13-8-6-9(7-8)15-2/h8-10H,3-7,12H2,1-2H3,(H,13,14)/t8?,9?,10-/m0/s1. The van der Waals surface area contributed by atoms with E-state index < -0.39 is 0 Å². The van der Waals surface area contributed by atoms with Crippen LogP contribution in [0.2, 0.25) is 0 Å². The van der Waals surface area contributed by atoms with Gasteiger partial charge in [-0.2, -0.15) is 0 Å². The number of nitrogens with one attached hydrogen (secondary N) is 1. The predicted molar refractivity (Wildman–Crippen MR) is 59.5 cm³/mol. The van der Waals surface area contributed by atoms with E-state index in [2.05, 4.69) is 12.2 Å². The van der Waals surface area contributed by atoms with Gasteiger partial charge in [-0.25, -0.2) is 0 Å². The minimum Gasteiger partial charge on any atom is -0.381 e. The minimum atomic E-state index is -0.341. The second kappa shape index (κ2) is 6.08. The van der Waals surface area contributed by atoms with Crippen molar-refractivity contribution >= 4 is 5.91 Å². The van der Waals surface area contributed by atoms with Crippen molar-refractivity contribution in [2.45, 2.75) is 57.2 Å². The molecule has 0 aromatic heterocycles. The van der Waals surface area contributed by atoms with Crippen LogP contribution in [0.15, 0.2) is 0 Å². The van der Waals surface area contributed by atoms with Gasteiger partial charge in [-0.15, -0.1) is 0 Å². The third-order valence-electron chi connectivity index (χ3n) is 2.98. The first kappa shape index (κ1) is 12.5. The molecule has 1 atom stereocenters. The molecule has 1 saturated carbocycles. The Kier molecular flexibility index (Phi) is 5.05. The molecule has 1 amide bonds. The van der Waals surface area contributed by atoms with Crippen LogP contribution in [0.25, 0.3) is 0 Å². The average molecular weight is 214 g/mol. The largest absolute Gasteiger partial charge is 0.381 e. The van der Waals surface area contributed by atoms with Crippen LogP contribution in [0.4, 0.5) is 0 Å². The van der Waals surface area contributed by atoms with Crippen molar-refractivity contribution in [2.75, 3.05) is 7.11 Å². The molecule has 0 bridgehead atoms. The Labute approximate surface area is 91.5 Å². The maximum Gasteiger partial charge on any atom is 0.237 e. The molecule has 4 nitrogen and oxygen atoms in total. The fourth-order valence-electron chi connectivity index (χ4n) is 1.74.